The van der Waals surface area contributed by atoms with Crippen molar-refractivity contribution in [2.45, 2.75) is 12.5 Å². The number of amides is 1. The third kappa shape index (κ3) is 2.65. The lowest BCUT2D eigenvalue weighted by Gasteiger charge is -2.32. The van der Waals surface area contributed by atoms with Crippen LogP contribution in [-0.2, 0) is 18.2 Å². The van der Waals surface area contributed by atoms with Crippen molar-refractivity contribution in [2.24, 2.45) is 7.05 Å². The van der Waals surface area contributed by atoms with Crippen molar-refractivity contribution in [3.05, 3.63) is 22.1 Å². The van der Waals surface area contributed by atoms with Gasteiger partial charge in [-0.15, -0.1) is 0 Å². The number of nitro groups is 1. The Morgan fingerprint density at radius 2 is 2.47 bits per heavy atom. The van der Waals surface area contributed by atoms with Gasteiger partial charge in [0.2, 0.25) is 0 Å². The molecule has 0 aliphatic carbocycles. The molecule has 2 rings (SSSR count). The van der Waals surface area contributed by atoms with Gasteiger partial charge in [0.15, 0.2) is 5.82 Å². The number of carboxylic acid groups (broad SMARTS) is 1. The molecule has 1 amide bonds. The zero-order chi connectivity index (χ0) is 14.0. The minimum absolute atomic E-state index is 0.117. The van der Waals surface area contributed by atoms with Crippen molar-refractivity contribution in [3.63, 3.8) is 0 Å². The molecule has 1 fully saturated rings. The van der Waals surface area contributed by atoms with E-state index in [9.17, 15) is 14.9 Å². The maximum atomic E-state index is 11.1. The fraction of sp³-hybridized carbons (Fsp3) is 0.600. The number of imidazole rings is 1. The summed E-state index contributed by atoms with van der Waals surface area (Å²) in [5, 5.41) is 19.8. The number of morpholine rings is 1. The van der Waals surface area contributed by atoms with E-state index in [1.54, 1.807) is 0 Å². The summed E-state index contributed by atoms with van der Waals surface area (Å²) in [6.07, 6.45) is 0.442. The molecular weight excluding hydrogens is 256 g/mol. The van der Waals surface area contributed by atoms with Crippen molar-refractivity contribution in [1.82, 2.24) is 14.5 Å². The van der Waals surface area contributed by atoms with Gasteiger partial charge in [-0.05, 0) is 4.92 Å². The molecule has 19 heavy (non-hydrogen) atoms. The first-order valence-corrected chi connectivity index (χ1v) is 5.73. The molecule has 104 valence electrons. The van der Waals surface area contributed by atoms with Crippen LogP contribution in [0, 0.1) is 10.1 Å². The molecule has 0 radical (unpaired) electrons. The summed E-state index contributed by atoms with van der Waals surface area (Å²) in [6.45, 7) is 0.934. The van der Waals surface area contributed by atoms with E-state index in [2.05, 4.69) is 4.98 Å². The van der Waals surface area contributed by atoms with Gasteiger partial charge in [-0.3, -0.25) is 0 Å². The Morgan fingerprint density at radius 3 is 3.05 bits per heavy atom. The van der Waals surface area contributed by atoms with Crippen LogP contribution in [0.5, 0.6) is 0 Å². The number of nitrogens with zero attached hydrogens (tertiary/aromatic N) is 4. The largest absolute Gasteiger partial charge is 0.465 e. The second-order valence-corrected chi connectivity index (χ2v) is 4.26. The van der Waals surface area contributed by atoms with Crippen LogP contribution < -0.4 is 0 Å². The molecule has 1 saturated heterocycles. The lowest BCUT2D eigenvalue weighted by atomic mass is 10.1. The van der Waals surface area contributed by atoms with Crippen LogP contribution in [-0.4, -0.2) is 56.4 Å². The summed E-state index contributed by atoms with van der Waals surface area (Å²) in [5.74, 6) is 0.349. The number of hydrogen-bond acceptors (Lipinski definition) is 5. The van der Waals surface area contributed by atoms with E-state index in [1.807, 2.05) is 0 Å². The Morgan fingerprint density at radius 1 is 1.74 bits per heavy atom. The van der Waals surface area contributed by atoms with Gasteiger partial charge in [0, 0.05) is 6.54 Å². The molecule has 0 bridgehead atoms. The molecule has 9 nitrogen and oxygen atoms in total. The highest BCUT2D eigenvalue weighted by Crippen LogP contribution is 2.16. The van der Waals surface area contributed by atoms with Gasteiger partial charge in [0.25, 0.3) is 0 Å². The third-order valence-corrected chi connectivity index (χ3v) is 3.14. The van der Waals surface area contributed by atoms with Gasteiger partial charge in [-0.2, -0.15) is 0 Å². The molecule has 0 saturated carbocycles. The average Bonchev–Trinajstić information content (AvgIpc) is 2.71. The number of carbonyl (C=O) groups is 1. The van der Waals surface area contributed by atoms with Crippen LogP contribution in [0.15, 0.2) is 6.20 Å². The highest BCUT2D eigenvalue weighted by molar-refractivity contribution is 5.65. The number of aromatic nitrogens is 2. The first kappa shape index (κ1) is 13.3. The van der Waals surface area contributed by atoms with E-state index in [-0.39, 0.29) is 24.9 Å². The predicted octanol–water partition coefficient (Wildman–Crippen LogP) is 0.250. The fourth-order valence-corrected chi connectivity index (χ4v) is 2.08. The third-order valence-electron chi connectivity index (χ3n) is 3.14. The van der Waals surface area contributed by atoms with Crippen molar-refractivity contribution < 1.29 is 19.6 Å². The lowest BCUT2D eigenvalue weighted by molar-refractivity contribution is -0.391. The second-order valence-electron chi connectivity index (χ2n) is 4.26. The van der Waals surface area contributed by atoms with Crippen LogP contribution in [0.3, 0.4) is 0 Å². The van der Waals surface area contributed by atoms with Gasteiger partial charge < -0.3 is 24.9 Å². The molecule has 0 aromatic carbocycles. The first-order chi connectivity index (χ1) is 9.00. The van der Waals surface area contributed by atoms with Gasteiger partial charge in [-0.1, -0.05) is 0 Å². The molecule has 2 heterocycles. The Balaban J connectivity index is 2.15. The normalized spacial score (nSPS) is 19.4. The maximum Gasteiger partial charge on any atom is 0.407 e. The van der Waals surface area contributed by atoms with E-state index in [0.29, 0.717) is 19.0 Å². The van der Waals surface area contributed by atoms with Gasteiger partial charge in [0.1, 0.15) is 6.20 Å². The van der Waals surface area contributed by atoms with E-state index in [1.165, 1.54) is 22.7 Å². The van der Waals surface area contributed by atoms with E-state index < -0.39 is 11.0 Å². The van der Waals surface area contributed by atoms with E-state index in [4.69, 9.17) is 9.84 Å². The van der Waals surface area contributed by atoms with Crippen LogP contribution in [0.25, 0.3) is 0 Å². The Labute approximate surface area is 108 Å². The van der Waals surface area contributed by atoms with Crippen molar-refractivity contribution in [3.8, 4) is 0 Å². The topological polar surface area (TPSA) is 111 Å². The minimum Gasteiger partial charge on any atom is -0.465 e. The summed E-state index contributed by atoms with van der Waals surface area (Å²) in [4.78, 5) is 26.5. The quantitative estimate of drug-likeness (QED) is 0.622. The molecule has 1 N–H and O–H groups in total. The highest BCUT2D eigenvalue weighted by Gasteiger charge is 2.30. The standard InChI is InChI=1S/C10H14N4O5/c1-12-8(11-5-9(12)14(17)18)4-7-6-19-3-2-13(7)10(15)16/h5,7H,2-4,6H2,1H3,(H,15,16). The molecule has 9 heteroatoms. The number of ether oxygens (including phenoxy) is 1. The Bertz CT molecular complexity index is 500. The van der Waals surface area contributed by atoms with Gasteiger partial charge >= 0.3 is 11.9 Å². The summed E-state index contributed by atoms with van der Waals surface area (Å²) >= 11 is 0. The predicted molar refractivity (Wildman–Crippen MR) is 62.9 cm³/mol. The summed E-state index contributed by atoms with van der Waals surface area (Å²) in [7, 11) is 1.54. The molecule has 1 aromatic heterocycles. The smallest absolute Gasteiger partial charge is 0.407 e. The van der Waals surface area contributed by atoms with Crippen LogP contribution in [0.2, 0.25) is 0 Å². The molecule has 1 unspecified atom stereocenters. The van der Waals surface area contributed by atoms with Crippen LogP contribution >= 0.6 is 0 Å². The lowest BCUT2D eigenvalue weighted by Crippen LogP contribution is -2.49. The number of rotatable bonds is 3. The Hall–Kier alpha value is -2.16. The maximum absolute atomic E-state index is 11.1. The zero-order valence-electron chi connectivity index (χ0n) is 10.4. The average molecular weight is 270 g/mol. The van der Waals surface area contributed by atoms with Crippen LogP contribution in [0.4, 0.5) is 10.6 Å². The SMILES string of the molecule is Cn1c([N+](=O)[O-])cnc1CC1COCCN1C(=O)O. The summed E-state index contributed by atoms with van der Waals surface area (Å²) < 4.78 is 6.61. The highest BCUT2D eigenvalue weighted by atomic mass is 16.6. The molecule has 1 aliphatic heterocycles. The van der Waals surface area contributed by atoms with Crippen molar-refractivity contribution in [1.29, 1.82) is 0 Å². The van der Waals surface area contributed by atoms with Crippen molar-refractivity contribution in [2.75, 3.05) is 19.8 Å². The molecular formula is C10H14N4O5. The summed E-state index contributed by atoms with van der Waals surface area (Å²) in [5.41, 5.74) is 0. The molecule has 1 aromatic rings. The fourth-order valence-electron chi connectivity index (χ4n) is 2.08. The zero-order valence-corrected chi connectivity index (χ0v) is 10.4. The number of hydrogen-bond donors (Lipinski definition) is 1. The monoisotopic (exact) mass is 270 g/mol. The molecule has 0 spiro atoms. The van der Waals surface area contributed by atoms with Crippen molar-refractivity contribution >= 4 is 11.9 Å². The van der Waals surface area contributed by atoms with E-state index in [0.717, 1.165) is 0 Å². The second kappa shape index (κ2) is 5.22. The Kier molecular flexibility index (Phi) is 3.65. The summed E-state index contributed by atoms with van der Waals surface area (Å²) in [6, 6.07) is -0.369. The van der Waals surface area contributed by atoms with Crippen LogP contribution in [0.1, 0.15) is 5.82 Å². The molecule has 1 aliphatic rings. The minimum atomic E-state index is -1.02. The van der Waals surface area contributed by atoms with Gasteiger partial charge in [0.05, 0.1) is 32.7 Å². The van der Waals surface area contributed by atoms with E-state index >= 15 is 0 Å². The molecule has 1 atom stereocenters. The van der Waals surface area contributed by atoms with Gasteiger partial charge in [-0.25, -0.2) is 14.3 Å². The first-order valence-electron chi connectivity index (χ1n) is 5.73.